The highest BCUT2D eigenvalue weighted by atomic mass is 16.5. The third-order valence-corrected chi connectivity index (χ3v) is 7.34. The van der Waals surface area contributed by atoms with Gasteiger partial charge in [0, 0.05) is 17.0 Å². The highest BCUT2D eigenvalue weighted by Gasteiger charge is 2.69. The van der Waals surface area contributed by atoms with Crippen molar-refractivity contribution in [2.45, 2.75) is 75.3 Å². The number of benzene rings is 1. The summed E-state index contributed by atoms with van der Waals surface area (Å²) in [6, 6.07) is 3.94. The molecule has 1 aromatic rings. The molecule has 2 N–H and O–H groups in total. The van der Waals surface area contributed by atoms with Crippen molar-refractivity contribution < 1.29 is 24.4 Å². The maximum Gasteiger partial charge on any atom is 0.126 e. The zero-order chi connectivity index (χ0) is 20.1. The van der Waals surface area contributed by atoms with Gasteiger partial charge in [-0.05, 0) is 50.2 Å². The predicted octanol–water partition coefficient (Wildman–Crippen LogP) is 3.88. The van der Waals surface area contributed by atoms with E-state index in [2.05, 4.69) is 6.58 Å². The summed E-state index contributed by atoms with van der Waals surface area (Å²) in [7, 11) is 3.32. The van der Waals surface area contributed by atoms with Crippen molar-refractivity contribution in [2.24, 2.45) is 5.41 Å². The Labute approximate surface area is 167 Å². The molecule has 154 valence electrons. The zero-order valence-corrected chi connectivity index (χ0v) is 17.1. The van der Waals surface area contributed by atoms with Gasteiger partial charge >= 0.3 is 0 Å². The van der Waals surface area contributed by atoms with Crippen molar-refractivity contribution in [2.75, 3.05) is 14.2 Å². The third kappa shape index (κ3) is 2.56. The summed E-state index contributed by atoms with van der Waals surface area (Å²) in [6.07, 6.45) is 5.52. The van der Waals surface area contributed by atoms with E-state index in [0.717, 1.165) is 49.0 Å². The maximum atomic E-state index is 11.9. The predicted molar refractivity (Wildman–Crippen MR) is 107 cm³/mol. The lowest BCUT2D eigenvalue weighted by molar-refractivity contribution is -0.140. The summed E-state index contributed by atoms with van der Waals surface area (Å²) >= 11 is 0. The van der Waals surface area contributed by atoms with Crippen LogP contribution in [0.15, 0.2) is 24.8 Å². The fraction of sp³-hybridized carbons (Fsp3) is 0.652. The smallest absolute Gasteiger partial charge is 0.126 e. The van der Waals surface area contributed by atoms with Gasteiger partial charge in [0.1, 0.15) is 23.2 Å². The number of rotatable bonds is 5. The zero-order valence-electron chi connectivity index (χ0n) is 17.1. The molecule has 1 spiro atoms. The average Bonchev–Trinajstić information content (AvgIpc) is 2.96. The Hall–Kier alpha value is -1.56. The number of aliphatic hydroxyl groups excluding tert-OH is 1. The van der Waals surface area contributed by atoms with Gasteiger partial charge < -0.3 is 24.4 Å². The minimum atomic E-state index is -1.03. The lowest BCUT2D eigenvalue weighted by atomic mass is 9.52. The van der Waals surface area contributed by atoms with Crippen molar-refractivity contribution in [1.82, 2.24) is 0 Å². The third-order valence-electron chi connectivity index (χ3n) is 7.34. The van der Waals surface area contributed by atoms with E-state index in [9.17, 15) is 10.2 Å². The Morgan fingerprint density at radius 1 is 1.29 bits per heavy atom. The van der Waals surface area contributed by atoms with Gasteiger partial charge in [0.2, 0.25) is 0 Å². The van der Waals surface area contributed by atoms with Crippen LogP contribution < -0.4 is 9.47 Å². The molecule has 4 rings (SSSR count). The van der Waals surface area contributed by atoms with Crippen LogP contribution >= 0.6 is 0 Å². The van der Waals surface area contributed by atoms with Crippen LogP contribution in [0.2, 0.25) is 0 Å². The van der Waals surface area contributed by atoms with E-state index >= 15 is 0 Å². The molecule has 6 atom stereocenters. The minimum Gasteiger partial charge on any atom is -0.497 e. The van der Waals surface area contributed by atoms with Crippen molar-refractivity contribution in [3.63, 3.8) is 0 Å². The molecule has 0 aromatic heterocycles. The van der Waals surface area contributed by atoms with E-state index in [0.29, 0.717) is 12.2 Å². The fourth-order valence-corrected chi connectivity index (χ4v) is 6.25. The highest BCUT2D eigenvalue weighted by molar-refractivity contribution is 5.53. The maximum absolute atomic E-state index is 11.9. The monoisotopic (exact) mass is 388 g/mol. The van der Waals surface area contributed by atoms with E-state index in [4.69, 9.17) is 14.2 Å². The molecule has 1 saturated carbocycles. The molecule has 3 aliphatic rings. The first kappa shape index (κ1) is 19.7. The Morgan fingerprint density at radius 3 is 2.68 bits per heavy atom. The van der Waals surface area contributed by atoms with Gasteiger partial charge in [-0.15, -0.1) is 6.58 Å². The van der Waals surface area contributed by atoms with Crippen LogP contribution in [0, 0.1) is 5.41 Å². The number of ether oxygens (including phenoxy) is 3. The van der Waals surface area contributed by atoms with Gasteiger partial charge in [-0.25, -0.2) is 0 Å². The lowest BCUT2D eigenvalue weighted by Crippen LogP contribution is -2.57. The summed E-state index contributed by atoms with van der Waals surface area (Å²) in [5, 5.41) is 22.4. The van der Waals surface area contributed by atoms with E-state index in [1.165, 1.54) is 0 Å². The second-order valence-electron chi connectivity index (χ2n) is 8.72. The van der Waals surface area contributed by atoms with Gasteiger partial charge in [-0.3, -0.25) is 0 Å². The molecule has 28 heavy (non-hydrogen) atoms. The second kappa shape index (κ2) is 7.05. The summed E-state index contributed by atoms with van der Waals surface area (Å²) in [4.78, 5) is 0. The molecule has 0 bridgehead atoms. The summed E-state index contributed by atoms with van der Waals surface area (Å²) in [5.74, 6) is 1.69. The molecule has 1 saturated heterocycles. The molecule has 5 nitrogen and oxygen atoms in total. The van der Waals surface area contributed by atoms with Gasteiger partial charge in [-0.2, -0.15) is 0 Å². The molecule has 0 radical (unpaired) electrons. The number of hydrogen-bond donors (Lipinski definition) is 2. The summed E-state index contributed by atoms with van der Waals surface area (Å²) < 4.78 is 17.7. The molecule has 2 aliphatic carbocycles. The number of methoxy groups -OCH3 is 2. The Balaban J connectivity index is 1.94. The fourth-order valence-electron chi connectivity index (χ4n) is 6.25. The van der Waals surface area contributed by atoms with Crippen LogP contribution in [0.3, 0.4) is 0 Å². The van der Waals surface area contributed by atoms with Crippen LogP contribution in [0.5, 0.6) is 11.5 Å². The molecular weight excluding hydrogens is 356 g/mol. The topological polar surface area (TPSA) is 68.2 Å². The number of allylic oxidation sites excluding steroid dienone is 1. The van der Waals surface area contributed by atoms with Crippen molar-refractivity contribution in [1.29, 1.82) is 0 Å². The summed E-state index contributed by atoms with van der Waals surface area (Å²) in [6.45, 7) is 5.68. The second-order valence-corrected chi connectivity index (χ2v) is 8.72. The standard InChI is InChI=1S/C23H32O5/c1-5-8-15-13-22-9-6-7-10-23(22,25)20(14(2)24)28-21(22)17-11-16(26-3)12-18(27-4)19(15)17/h5,11-12,14-15,20-21,24-25H,1,6-10,13H2,2-4H3/t14-,15-,20-,21?,22-,23+/m0/s1. The average molecular weight is 389 g/mol. The van der Waals surface area contributed by atoms with E-state index in [-0.39, 0.29) is 12.0 Å². The Kier molecular flexibility index (Phi) is 4.97. The van der Waals surface area contributed by atoms with Gasteiger partial charge in [0.05, 0.1) is 26.4 Å². The van der Waals surface area contributed by atoms with Crippen LogP contribution in [0.4, 0.5) is 0 Å². The van der Waals surface area contributed by atoms with Gasteiger partial charge in [0.15, 0.2) is 0 Å². The van der Waals surface area contributed by atoms with Crippen molar-refractivity contribution in [3.05, 3.63) is 35.9 Å². The van der Waals surface area contributed by atoms with E-state index < -0.39 is 23.2 Å². The molecule has 1 unspecified atom stereocenters. The minimum absolute atomic E-state index is 0.186. The Morgan fingerprint density at radius 2 is 2.04 bits per heavy atom. The quantitative estimate of drug-likeness (QED) is 0.750. The number of fused-ring (bicyclic) bond motifs is 2. The number of aliphatic hydroxyl groups is 2. The van der Waals surface area contributed by atoms with Gasteiger partial charge in [0.25, 0.3) is 0 Å². The highest BCUT2D eigenvalue weighted by Crippen LogP contribution is 2.69. The molecule has 1 heterocycles. The van der Waals surface area contributed by atoms with Crippen LogP contribution in [-0.4, -0.2) is 42.2 Å². The van der Waals surface area contributed by atoms with Gasteiger partial charge in [-0.1, -0.05) is 18.9 Å². The largest absolute Gasteiger partial charge is 0.497 e. The van der Waals surface area contributed by atoms with Crippen LogP contribution in [0.1, 0.15) is 68.6 Å². The normalized spacial score (nSPS) is 37.4. The van der Waals surface area contributed by atoms with Crippen molar-refractivity contribution >= 4 is 0 Å². The SMILES string of the molecule is C=CC[C@H]1C[C@]23CCCC[C@@]2(O)[C@H]([C@H](C)O)OC3c2cc(OC)cc(OC)c21. The molecule has 1 aromatic carbocycles. The molecule has 5 heteroatoms. The summed E-state index contributed by atoms with van der Waals surface area (Å²) in [5.41, 5.74) is 0.707. The number of hydrogen-bond acceptors (Lipinski definition) is 5. The molecule has 0 amide bonds. The Bertz CT molecular complexity index is 760. The van der Waals surface area contributed by atoms with Crippen molar-refractivity contribution in [3.8, 4) is 11.5 Å². The lowest BCUT2D eigenvalue weighted by Gasteiger charge is -2.53. The van der Waals surface area contributed by atoms with E-state index in [1.54, 1.807) is 21.1 Å². The molecule has 2 fully saturated rings. The first-order chi connectivity index (χ1) is 13.4. The van der Waals surface area contributed by atoms with Crippen LogP contribution in [0.25, 0.3) is 0 Å². The molecule has 1 aliphatic heterocycles. The molecular formula is C23H32O5. The first-order valence-electron chi connectivity index (χ1n) is 10.3. The van der Waals surface area contributed by atoms with E-state index in [1.807, 2.05) is 18.2 Å². The first-order valence-corrected chi connectivity index (χ1v) is 10.3. The van der Waals surface area contributed by atoms with Crippen LogP contribution in [-0.2, 0) is 4.74 Å².